The molecule has 1 heterocycles. The maximum Gasteiger partial charge on any atom is 0.0471 e. The van der Waals surface area contributed by atoms with Gasteiger partial charge in [-0.05, 0) is 30.5 Å². The van der Waals surface area contributed by atoms with Gasteiger partial charge in [0.15, 0.2) is 0 Å². The number of benzene rings is 1. The van der Waals surface area contributed by atoms with Crippen LogP contribution in [0.3, 0.4) is 0 Å². The monoisotopic (exact) mass is 220 g/mol. The van der Waals surface area contributed by atoms with Crippen molar-refractivity contribution in [2.45, 2.75) is 18.3 Å². The lowest BCUT2D eigenvalue weighted by Gasteiger charge is -2.10. The molecule has 2 aromatic rings. The first-order valence-corrected chi connectivity index (χ1v) is 5.60. The summed E-state index contributed by atoms with van der Waals surface area (Å²) in [5.74, 6) is 0. The summed E-state index contributed by atoms with van der Waals surface area (Å²) in [5, 5.41) is 2.04. The van der Waals surface area contributed by atoms with Crippen LogP contribution in [0.5, 0.6) is 0 Å². The molecule has 2 nitrogen and oxygen atoms in total. The number of hydrogen-bond donors (Lipinski definition) is 2. The Kier molecular flexibility index (Phi) is 1.85. The van der Waals surface area contributed by atoms with Crippen LogP contribution in [-0.4, -0.2) is 11.5 Å². The molecule has 1 fully saturated rings. The number of nitrogens with two attached hydrogens (primary N) is 1. The van der Waals surface area contributed by atoms with E-state index in [0.29, 0.717) is 0 Å². The van der Waals surface area contributed by atoms with Crippen LogP contribution in [-0.2, 0) is 5.41 Å². The number of hydrogen-bond acceptors (Lipinski definition) is 1. The first-order valence-electron chi connectivity index (χ1n) is 5.22. The molecule has 0 unspecified atom stereocenters. The molecule has 1 aliphatic rings. The van der Waals surface area contributed by atoms with Crippen molar-refractivity contribution in [1.82, 2.24) is 4.98 Å². The smallest absolute Gasteiger partial charge is 0.0471 e. The van der Waals surface area contributed by atoms with Crippen molar-refractivity contribution in [3.63, 3.8) is 0 Å². The van der Waals surface area contributed by atoms with Gasteiger partial charge in [-0.25, -0.2) is 0 Å². The first-order chi connectivity index (χ1) is 7.25. The van der Waals surface area contributed by atoms with Crippen molar-refractivity contribution < 1.29 is 0 Å². The summed E-state index contributed by atoms with van der Waals surface area (Å²) in [5.41, 5.74) is 8.55. The Hall–Kier alpha value is -0.990. The minimum absolute atomic E-state index is 0.242. The van der Waals surface area contributed by atoms with E-state index in [9.17, 15) is 0 Å². The Labute approximate surface area is 93.4 Å². The van der Waals surface area contributed by atoms with E-state index >= 15 is 0 Å². The molecule has 0 aliphatic heterocycles. The van der Waals surface area contributed by atoms with E-state index in [0.717, 1.165) is 17.1 Å². The fourth-order valence-corrected chi connectivity index (χ4v) is 2.44. The molecular formula is C12H13ClN2. The van der Waals surface area contributed by atoms with Crippen LogP contribution in [0.15, 0.2) is 24.4 Å². The molecule has 0 radical (unpaired) electrons. The van der Waals surface area contributed by atoms with Crippen LogP contribution < -0.4 is 5.73 Å². The second-order valence-electron chi connectivity index (χ2n) is 4.38. The molecule has 0 amide bonds. The van der Waals surface area contributed by atoms with Crippen LogP contribution in [0, 0.1) is 0 Å². The Bertz CT molecular complexity index is 511. The predicted molar refractivity (Wildman–Crippen MR) is 63.3 cm³/mol. The maximum atomic E-state index is 5.95. The minimum atomic E-state index is 0.242. The van der Waals surface area contributed by atoms with Crippen molar-refractivity contribution >= 4 is 22.5 Å². The lowest BCUT2D eigenvalue weighted by molar-refractivity contribution is 0.711. The Morgan fingerprint density at radius 2 is 2.20 bits per heavy atom. The van der Waals surface area contributed by atoms with Gasteiger partial charge in [-0.2, -0.15) is 0 Å². The highest BCUT2D eigenvalue weighted by atomic mass is 35.5. The van der Waals surface area contributed by atoms with Gasteiger partial charge >= 0.3 is 0 Å². The number of aromatic amines is 1. The van der Waals surface area contributed by atoms with E-state index < -0.39 is 0 Å². The second-order valence-corrected chi connectivity index (χ2v) is 4.81. The van der Waals surface area contributed by atoms with Crippen LogP contribution in [0.25, 0.3) is 10.9 Å². The summed E-state index contributed by atoms with van der Waals surface area (Å²) in [4.78, 5) is 3.27. The predicted octanol–water partition coefficient (Wildman–Crippen LogP) is 2.81. The Balaban J connectivity index is 2.21. The summed E-state index contributed by atoms with van der Waals surface area (Å²) >= 11 is 5.95. The number of nitrogens with one attached hydrogen (secondary N) is 1. The third kappa shape index (κ3) is 1.29. The molecular weight excluding hydrogens is 208 g/mol. The SMILES string of the molecule is NCC1(c2c[nH]c3cc(Cl)ccc23)CC1. The highest BCUT2D eigenvalue weighted by Crippen LogP contribution is 2.49. The van der Waals surface area contributed by atoms with Gasteiger partial charge in [0, 0.05) is 34.1 Å². The molecule has 1 aromatic heterocycles. The van der Waals surface area contributed by atoms with Crippen molar-refractivity contribution in [3.05, 3.63) is 35.0 Å². The lowest BCUT2D eigenvalue weighted by Crippen LogP contribution is -2.19. The highest BCUT2D eigenvalue weighted by molar-refractivity contribution is 6.31. The molecule has 0 atom stereocenters. The zero-order chi connectivity index (χ0) is 10.5. The van der Waals surface area contributed by atoms with Crippen LogP contribution in [0.4, 0.5) is 0 Å². The van der Waals surface area contributed by atoms with E-state index in [4.69, 9.17) is 17.3 Å². The molecule has 1 aliphatic carbocycles. The summed E-state index contributed by atoms with van der Waals surface area (Å²) in [6.45, 7) is 0.739. The Morgan fingerprint density at radius 3 is 2.87 bits per heavy atom. The van der Waals surface area contributed by atoms with Gasteiger partial charge in [0.2, 0.25) is 0 Å². The molecule has 3 heteroatoms. The molecule has 1 saturated carbocycles. The van der Waals surface area contributed by atoms with Crippen LogP contribution in [0.2, 0.25) is 5.02 Å². The van der Waals surface area contributed by atoms with Crippen LogP contribution >= 0.6 is 11.6 Å². The molecule has 3 N–H and O–H groups in total. The van der Waals surface area contributed by atoms with E-state index in [-0.39, 0.29) is 5.41 Å². The average molecular weight is 221 g/mol. The molecule has 1 aromatic carbocycles. The molecule has 15 heavy (non-hydrogen) atoms. The molecule has 78 valence electrons. The van der Waals surface area contributed by atoms with E-state index in [1.807, 2.05) is 12.1 Å². The topological polar surface area (TPSA) is 41.8 Å². The number of H-pyrrole nitrogens is 1. The first kappa shape index (κ1) is 9.25. The summed E-state index contributed by atoms with van der Waals surface area (Å²) in [6.07, 6.45) is 4.50. The van der Waals surface area contributed by atoms with Crippen molar-refractivity contribution in [2.75, 3.05) is 6.54 Å². The number of halogens is 1. The van der Waals surface area contributed by atoms with Gasteiger partial charge in [-0.3, -0.25) is 0 Å². The van der Waals surface area contributed by atoms with E-state index in [1.54, 1.807) is 0 Å². The van der Waals surface area contributed by atoms with Gasteiger partial charge in [0.1, 0.15) is 0 Å². The molecule has 3 rings (SSSR count). The van der Waals surface area contributed by atoms with Gasteiger partial charge in [0.05, 0.1) is 0 Å². The largest absolute Gasteiger partial charge is 0.361 e. The molecule has 0 saturated heterocycles. The Morgan fingerprint density at radius 1 is 1.40 bits per heavy atom. The number of aromatic nitrogens is 1. The fourth-order valence-electron chi connectivity index (χ4n) is 2.27. The normalized spacial score (nSPS) is 18.3. The quantitative estimate of drug-likeness (QED) is 0.803. The lowest BCUT2D eigenvalue weighted by atomic mass is 9.96. The second kappa shape index (κ2) is 3.00. The number of fused-ring (bicyclic) bond motifs is 1. The van der Waals surface area contributed by atoms with Crippen molar-refractivity contribution in [3.8, 4) is 0 Å². The standard InChI is InChI=1S/C12H13ClN2/c13-8-1-2-9-10(6-15-11(9)5-8)12(7-14)3-4-12/h1-2,5-6,15H,3-4,7,14H2. The summed E-state index contributed by atoms with van der Waals surface area (Å²) in [7, 11) is 0. The van der Waals surface area contributed by atoms with Gasteiger partial charge in [0.25, 0.3) is 0 Å². The maximum absolute atomic E-state index is 5.95. The summed E-state index contributed by atoms with van der Waals surface area (Å²) in [6, 6.07) is 5.99. The van der Waals surface area contributed by atoms with Gasteiger partial charge < -0.3 is 10.7 Å². The third-order valence-corrected chi connectivity index (χ3v) is 3.69. The fraction of sp³-hybridized carbons (Fsp3) is 0.333. The van der Waals surface area contributed by atoms with Crippen molar-refractivity contribution in [2.24, 2.45) is 5.73 Å². The van der Waals surface area contributed by atoms with Gasteiger partial charge in [-0.15, -0.1) is 0 Å². The van der Waals surface area contributed by atoms with E-state index in [1.165, 1.54) is 23.8 Å². The van der Waals surface area contributed by atoms with Gasteiger partial charge in [-0.1, -0.05) is 17.7 Å². The zero-order valence-electron chi connectivity index (χ0n) is 8.39. The average Bonchev–Trinajstić information content (AvgIpc) is 2.93. The molecule has 0 spiro atoms. The minimum Gasteiger partial charge on any atom is -0.361 e. The van der Waals surface area contributed by atoms with Crippen molar-refractivity contribution in [1.29, 1.82) is 0 Å². The third-order valence-electron chi connectivity index (χ3n) is 3.46. The molecule has 0 bridgehead atoms. The highest BCUT2D eigenvalue weighted by Gasteiger charge is 2.44. The van der Waals surface area contributed by atoms with Crippen LogP contribution in [0.1, 0.15) is 18.4 Å². The zero-order valence-corrected chi connectivity index (χ0v) is 9.14. The van der Waals surface area contributed by atoms with E-state index in [2.05, 4.69) is 17.2 Å². The number of rotatable bonds is 2. The summed E-state index contributed by atoms with van der Waals surface area (Å²) < 4.78 is 0.